The first-order chi connectivity index (χ1) is 13.8. The summed E-state index contributed by atoms with van der Waals surface area (Å²) in [4.78, 5) is 20.4. The maximum absolute atomic E-state index is 12.3. The molecule has 0 saturated heterocycles. The molecule has 0 aliphatic heterocycles. The summed E-state index contributed by atoms with van der Waals surface area (Å²) in [5, 5.41) is 16.7. The number of rotatable bonds is 5. The first-order valence-electron chi connectivity index (χ1n) is 8.25. The van der Waals surface area contributed by atoms with Gasteiger partial charge in [0.25, 0.3) is 0 Å². The van der Waals surface area contributed by atoms with Crippen LogP contribution in [0.15, 0.2) is 54.6 Å². The van der Waals surface area contributed by atoms with Crippen LogP contribution in [0.5, 0.6) is 0 Å². The molecule has 0 aromatic heterocycles. The topological polar surface area (TPSA) is 74.6 Å². The van der Waals surface area contributed by atoms with Gasteiger partial charge in [-0.1, -0.05) is 30.3 Å². The molecule has 0 bridgehead atoms. The second kappa shape index (κ2) is 14.1. The monoisotopic (exact) mass is 472 g/mol. The van der Waals surface area contributed by atoms with Crippen molar-refractivity contribution >= 4 is 35.4 Å². The van der Waals surface area contributed by atoms with E-state index in [1.807, 2.05) is 0 Å². The molecule has 0 atom stereocenters. The van der Waals surface area contributed by atoms with Gasteiger partial charge in [-0.15, -0.1) is 0 Å². The minimum absolute atomic E-state index is 0. The molecule has 2 aromatic carbocycles. The second-order valence-corrected chi connectivity index (χ2v) is 5.89. The minimum Gasteiger partial charge on any atom is -1.00 e. The molecule has 4 nitrogen and oxygen atoms in total. The van der Waals surface area contributed by atoms with E-state index < -0.39 is 35.4 Å². The molecule has 0 radical (unpaired) electrons. The first kappa shape index (κ1) is 32.0. The Morgan fingerprint density at radius 3 is 1.84 bits per heavy atom. The van der Waals surface area contributed by atoms with Gasteiger partial charge in [-0.3, -0.25) is 4.79 Å². The van der Waals surface area contributed by atoms with Crippen LogP contribution >= 0.6 is 0 Å². The summed E-state index contributed by atoms with van der Waals surface area (Å²) in [7, 11) is 0. The number of carboxylic acid groups (broad SMARTS) is 2. The van der Waals surface area contributed by atoms with Gasteiger partial charge in [0, 0.05) is 12.5 Å². The van der Waals surface area contributed by atoms with Crippen molar-refractivity contribution in [2.75, 3.05) is 0 Å². The molecular weight excluding hydrogens is 452 g/mol. The molecular formula is C20H20AlF6LiO4. The molecule has 0 aliphatic carbocycles. The fourth-order valence-corrected chi connectivity index (χ4v) is 2.14. The van der Waals surface area contributed by atoms with E-state index >= 15 is 0 Å². The number of hydrogen-bond donors (Lipinski definition) is 2. The van der Waals surface area contributed by atoms with Crippen molar-refractivity contribution in [1.82, 2.24) is 0 Å². The van der Waals surface area contributed by atoms with E-state index in [4.69, 9.17) is 10.2 Å². The van der Waals surface area contributed by atoms with Crippen molar-refractivity contribution in [3.63, 3.8) is 0 Å². The Labute approximate surface area is 203 Å². The molecule has 0 spiro atoms. The molecule has 0 amide bonds. The van der Waals surface area contributed by atoms with Gasteiger partial charge in [0.05, 0.1) is 11.1 Å². The van der Waals surface area contributed by atoms with E-state index in [2.05, 4.69) is 0 Å². The van der Waals surface area contributed by atoms with Gasteiger partial charge in [-0.2, -0.15) is 26.3 Å². The number of halogens is 6. The molecule has 2 N–H and O–H groups in total. The van der Waals surface area contributed by atoms with Gasteiger partial charge < -0.3 is 11.6 Å². The van der Waals surface area contributed by atoms with Gasteiger partial charge >= 0.3 is 43.2 Å². The minimum atomic E-state index is -4.41. The first-order valence-corrected chi connectivity index (χ1v) is 8.25. The quantitative estimate of drug-likeness (QED) is 0.393. The molecule has 32 heavy (non-hydrogen) atoms. The SMILES string of the molecule is O=C(O)/C=C/c1cccc(C(F)(F)F)c1.O=C(O)CCc1cccc(C(F)(F)F)c1.[AlH3].[H-].[Li+]. The zero-order chi connectivity index (χ0) is 22.9. The molecule has 0 aliphatic rings. The van der Waals surface area contributed by atoms with Crippen LogP contribution in [0.2, 0.25) is 0 Å². The molecule has 2 rings (SSSR count). The average Bonchev–Trinajstić information content (AvgIpc) is 2.64. The summed E-state index contributed by atoms with van der Waals surface area (Å²) < 4.78 is 73.4. The smallest absolute Gasteiger partial charge is 1.00 e. The Bertz CT molecular complexity index is 920. The summed E-state index contributed by atoms with van der Waals surface area (Å²) in [6.45, 7) is 0. The maximum atomic E-state index is 12.3. The van der Waals surface area contributed by atoms with Gasteiger partial charge in [-0.05, 0) is 41.8 Å². The summed E-state index contributed by atoms with van der Waals surface area (Å²) in [6.07, 6.45) is -6.94. The molecule has 0 fully saturated rings. The zero-order valence-electron chi connectivity index (χ0n) is 17.2. The fourth-order valence-electron chi connectivity index (χ4n) is 2.14. The Kier molecular flexibility index (Phi) is 14.1. The maximum Gasteiger partial charge on any atom is 1.00 e. The van der Waals surface area contributed by atoms with Crippen LogP contribution in [-0.4, -0.2) is 39.5 Å². The fraction of sp³-hybridized carbons (Fsp3) is 0.200. The largest absolute Gasteiger partial charge is 1.00 e. The van der Waals surface area contributed by atoms with Crippen molar-refractivity contribution < 1.29 is 66.4 Å². The summed E-state index contributed by atoms with van der Waals surface area (Å²) >= 11 is 0. The predicted octanol–water partition coefficient (Wildman–Crippen LogP) is 1.46. The van der Waals surface area contributed by atoms with Crippen LogP contribution in [-0.2, 0) is 28.4 Å². The van der Waals surface area contributed by atoms with Crippen LogP contribution in [0.4, 0.5) is 26.3 Å². The van der Waals surface area contributed by atoms with Gasteiger partial charge in [0.1, 0.15) is 0 Å². The van der Waals surface area contributed by atoms with Crippen molar-refractivity contribution in [2.45, 2.75) is 25.2 Å². The van der Waals surface area contributed by atoms with Crippen LogP contribution < -0.4 is 18.9 Å². The van der Waals surface area contributed by atoms with Gasteiger partial charge in [-0.25, -0.2) is 4.79 Å². The summed E-state index contributed by atoms with van der Waals surface area (Å²) in [5.74, 6) is -2.22. The third-order valence-electron chi connectivity index (χ3n) is 3.51. The predicted molar refractivity (Wildman–Crippen MR) is 107 cm³/mol. The van der Waals surface area contributed by atoms with Crippen LogP contribution in [0.25, 0.3) is 6.08 Å². The number of alkyl halides is 6. The standard InChI is InChI=1S/C10H9F3O2.C10H7F3O2.Al.Li.4H/c2*11-10(12,13)8-3-1-2-7(6-8)4-5-9(14)15;;;;;;/h1-3,6H,4-5H2,(H,14,15);1-6H,(H,14,15);;;;;;/q;;;+1;;;;-1/b;5-4+;;;;;;. The number of aryl methyl sites for hydroxylation is 1. The third kappa shape index (κ3) is 12.6. The van der Waals surface area contributed by atoms with E-state index in [1.54, 1.807) is 0 Å². The van der Waals surface area contributed by atoms with Crippen molar-refractivity contribution in [3.05, 3.63) is 76.9 Å². The Morgan fingerprint density at radius 2 is 1.38 bits per heavy atom. The molecule has 0 saturated carbocycles. The Morgan fingerprint density at radius 1 is 0.875 bits per heavy atom. The summed E-state index contributed by atoms with van der Waals surface area (Å²) in [5.41, 5.74) is -0.958. The molecule has 170 valence electrons. The van der Waals surface area contributed by atoms with Crippen LogP contribution in [0.3, 0.4) is 0 Å². The normalized spacial score (nSPS) is 10.9. The second-order valence-electron chi connectivity index (χ2n) is 5.89. The number of hydrogen-bond acceptors (Lipinski definition) is 2. The zero-order valence-corrected chi connectivity index (χ0v) is 16.2. The Hall–Kier alpha value is -2.17. The molecule has 0 unspecified atom stereocenters. The van der Waals surface area contributed by atoms with Crippen molar-refractivity contribution in [1.29, 1.82) is 0 Å². The van der Waals surface area contributed by atoms with Crippen molar-refractivity contribution in [3.8, 4) is 0 Å². The van der Waals surface area contributed by atoms with Crippen molar-refractivity contribution in [2.24, 2.45) is 0 Å². The number of carboxylic acids is 2. The number of aliphatic carboxylic acids is 2. The average molecular weight is 472 g/mol. The third-order valence-corrected chi connectivity index (χ3v) is 3.51. The number of carbonyl (C=O) groups is 2. The Balaban J connectivity index is -0.000000500. The van der Waals surface area contributed by atoms with E-state index in [0.29, 0.717) is 5.56 Å². The van der Waals surface area contributed by atoms with E-state index in [-0.39, 0.29) is 56.1 Å². The van der Waals surface area contributed by atoms with Crippen LogP contribution in [0, 0.1) is 0 Å². The number of benzene rings is 2. The molecule has 12 heteroatoms. The summed E-state index contributed by atoms with van der Waals surface area (Å²) in [6, 6.07) is 9.14. The van der Waals surface area contributed by atoms with Gasteiger partial charge in [0.2, 0.25) is 0 Å². The van der Waals surface area contributed by atoms with Gasteiger partial charge in [0.15, 0.2) is 17.4 Å². The van der Waals surface area contributed by atoms with Crippen LogP contribution in [0.1, 0.15) is 30.1 Å². The molecule has 2 aromatic rings. The molecule has 0 heterocycles. The van der Waals surface area contributed by atoms with E-state index in [9.17, 15) is 35.9 Å². The van der Waals surface area contributed by atoms with E-state index in [0.717, 1.165) is 36.4 Å². The van der Waals surface area contributed by atoms with E-state index in [1.165, 1.54) is 24.3 Å².